The van der Waals surface area contributed by atoms with Gasteiger partial charge in [0.25, 0.3) is 0 Å². The van der Waals surface area contributed by atoms with Crippen molar-refractivity contribution in [3.05, 3.63) is 24.6 Å². The van der Waals surface area contributed by atoms with Crippen LogP contribution in [0.1, 0.15) is 0 Å². The molecular weight excluding hydrogens is 398 g/mol. The van der Waals surface area contributed by atoms with Crippen LogP contribution >= 0.6 is 44.3 Å². The van der Waals surface area contributed by atoms with Crippen molar-refractivity contribution in [2.24, 2.45) is 0 Å². The van der Waals surface area contributed by atoms with Crippen molar-refractivity contribution in [3.8, 4) is 0 Å². The van der Waals surface area contributed by atoms with Crippen LogP contribution in [0.25, 0.3) is 0 Å². The van der Waals surface area contributed by atoms with Crippen LogP contribution in [0.5, 0.6) is 0 Å². The van der Waals surface area contributed by atoms with E-state index in [1.165, 1.54) is 0 Å². The third kappa shape index (κ3) is 9.09. The van der Waals surface area contributed by atoms with Crippen LogP contribution in [0.3, 0.4) is 0 Å². The van der Waals surface area contributed by atoms with E-state index in [-0.39, 0.29) is 0 Å². The van der Waals surface area contributed by atoms with Crippen LogP contribution in [-0.2, 0) is 12.3 Å². The highest BCUT2D eigenvalue weighted by molar-refractivity contribution is 7.43. The van der Waals surface area contributed by atoms with E-state index in [1.807, 2.05) is 0 Å². The Kier molecular flexibility index (Phi) is 7.62. The number of halogens is 4. The maximum absolute atomic E-state index is 6.00. The fourth-order valence-corrected chi connectivity index (χ4v) is 18.2. The van der Waals surface area contributed by atoms with Crippen LogP contribution < -0.4 is 0 Å². The SMILES string of the molecule is C=C[Si](C)(O[Si](C)(Cl)Cl)O[Si](C)(C=C)O[Si](C)(Cl)Cl. The highest BCUT2D eigenvalue weighted by Crippen LogP contribution is 2.29. The van der Waals surface area contributed by atoms with Crippen molar-refractivity contribution in [2.75, 3.05) is 0 Å². The quantitative estimate of drug-likeness (QED) is 0.423. The highest BCUT2D eigenvalue weighted by Gasteiger charge is 2.46. The van der Waals surface area contributed by atoms with Crippen molar-refractivity contribution in [1.82, 2.24) is 0 Å². The van der Waals surface area contributed by atoms with E-state index in [9.17, 15) is 0 Å². The number of hydrogen-bond donors (Lipinski definition) is 0. The first-order valence-electron chi connectivity index (χ1n) is 5.37. The lowest BCUT2D eigenvalue weighted by Gasteiger charge is -2.37. The van der Waals surface area contributed by atoms with Crippen LogP contribution in [0.4, 0.5) is 0 Å². The predicted octanol–water partition coefficient (Wildman–Crippen LogP) is 4.72. The molecule has 2 unspecified atom stereocenters. The molecule has 0 aliphatic rings. The highest BCUT2D eigenvalue weighted by atomic mass is 35.7. The molecule has 112 valence electrons. The minimum atomic E-state index is -2.80. The van der Waals surface area contributed by atoms with E-state index in [0.29, 0.717) is 0 Å². The fraction of sp³-hybridized carbons (Fsp3) is 0.500. The van der Waals surface area contributed by atoms with Crippen LogP contribution in [-0.4, -0.2) is 31.0 Å². The van der Waals surface area contributed by atoms with Gasteiger partial charge in [0.1, 0.15) is 0 Å². The second kappa shape index (κ2) is 7.10. The standard InChI is InChI=1S/C8H18Cl4O3Si4/c1-7-16(3,14-18(5,9)10)13-17(4,8-2)15-19(6,11)12/h7-8H,1-2H2,3-6H3. The van der Waals surface area contributed by atoms with Crippen LogP contribution in [0.15, 0.2) is 24.6 Å². The maximum atomic E-state index is 6.00. The molecule has 0 spiro atoms. The molecule has 0 saturated carbocycles. The number of rotatable bonds is 8. The average Bonchev–Trinajstić information content (AvgIpc) is 2.11. The van der Waals surface area contributed by atoms with Gasteiger partial charge in [0, 0.05) is 0 Å². The van der Waals surface area contributed by atoms with E-state index < -0.39 is 31.0 Å². The third-order valence-electron chi connectivity index (χ3n) is 1.91. The molecule has 0 fully saturated rings. The van der Waals surface area contributed by atoms with Crippen molar-refractivity contribution >= 4 is 75.3 Å². The first-order chi connectivity index (χ1) is 8.24. The van der Waals surface area contributed by atoms with Gasteiger partial charge in [-0.15, -0.1) is 57.5 Å². The van der Waals surface area contributed by atoms with Crippen LogP contribution in [0.2, 0.25) is 26.2 Å². The van der Waals surface area contributed by atoms with Crippen molar-refractivity contribution in [1.29, 1.82) is 0 Å². The van der Waals surface area contributed by atoms with Gasteiger partial charge in [-0.2, -0.15) is 0 Å². The molecule has 0 saturated heterocycles. The van der Waals surface area contributed by atoms with Gasteiger partial charge in [-0.1, -0.05) is 11.4 Å². The smallest absolute Gasteiger partial charge is 0.377 e. The Morgan fingerprint density at radius 2 is 0.947 bits per heavy atom. The summed E-state index contributed by atoms with van der Waals surface area (Å²) in [6.07, 6.45) is 0. The summed E-state index contributed by atoms with van der Waals surface area (Å²) in [5.41, 5.74) is 3.20. The molecule has 0 aromatic heterocycles. The normalized spacial score (nSPS) is 19.4. The second-order valence-electron chi connectivity index (χ2n) is 4.36. The Morgan fingerprint density at radius 1 is 0.684 bits per heavy atom. The van der Waals surface area contributed by atoms with Gasteiger partial charge in [-0.25, -0.2) is 0 Å². The zero-order valence-electron chi connectivity index (χ0n) is 11.3. The lowest BCUT2D eigenvalue weighted by molar-refractivity contribution is 0.352. The van der Waals surface area contributed by atoms with Crippen LogP contribution in [0, 0.1) is 0 Å². The third-order valence-corrected chi connectivity index (χ3v) is 15.5. The van der Waals surface area contributed by atoms with Gasteiger partial charge >= 0.3 is 31.0 Å². The Labute approximate surface area is 138 Å². The average molecular weight is 416 g/mol. The summed E-state index contributed by atoms with van der Waals surface area (Å²) < 4.78 is 17.4. The summed E-state index contributed by atoms with van der Waals surface area (Å²) >= 11 is 24.0. The number of hydrogen-bond acceptors (Lipinski definition) is 3. The zero-order valence-corrected chi connectivity index (χ0v) is 18.3. The lowest BCUT2D eigenvalue weighted by atomic mass is 11.3. The predicted molar refractivity (Wildman–Crippen MR) is 93.5 cm³/mol. The molecule has 0 heterocycles. The molecule has 0 amide bonds. The van der Waals surface area contributed by atoms with Crippen molar-refractivity contribution < 1.29 is 12.3 Å². The van der Waals surface area contributed by atoms with Gasteiger partial charge in [-0.3, -0.25) is 0 Å². The minimum Gasteiger partial charge on any atom is -0.410 e. The summed E-state index contributed by atoms with van der Waals surface area (Å²) in [5, 5.41) is 0. The molecule has 0 aromatic carbocycles. The first kappa shape index (κ1) is 20.4. The molecule has 0 radical (unpaired) electrons. The minimum absolute atomic E-state index is 1.60. The molecule has 19 heavy (non-hydrogen) atoms. The topological polar surface area (TPSA) is 27.7 Å². The first-order valence-corrected chi connectivity index (χ1v) is 19.0. The molecule has 0 N–H and O–H groups in total. The second-order valence-corrected chi connectivity index (χ2v) is 24.7. The largest absolute Gasteiger partial charge is 0.410 e. The van der Waals surface area contributed by atoms with Gasteiger partial charge in [0.05, 0.1) is 0 Å². The summed E-state index contributed by atoms with van der Waals surface area (Å²) in [6.45, 7) is 8.72. The Hall–Kier alpha value is 1.39. The van der Waals surface area contributed by atoms with E-state index in [4.69, 9.17) is 56.7 Å². The van der Waals surface area contributed by atoms with Crippen molar-refractivity contribution in [3.63, 3.8) is 0 Å². The summed E-state index contributed by atoms with van der Waals surface area (Å²) in [6, 6.07) is 0. The van der Waals surface area contributed by atoms with Gasteiger partial charge in [-0.05, 0) is 26.2 Å². The molecule has 2 atom stereocenters. The van der Waals surface area contributed by atoms with Crippen molar-refractivity contribution in [2.45, 2.75) is 26.2 Å². The molecule has 0 aromatic rings. The monoisotopic (exact) mass is 414 g/mol. The maximum Gasteiger partial charge on any atom is 0.377 e. The molecule has 11 heteroatoms. The van der Waals surface area contributed by atoms with E-state index in [2.05, 4.69) is 13.2 Å². The molecule has 0 rings (SSSR count). The lowest BCUT2D eigenvalue weighted by Crippen LogP contribution is -2.55. The summed E-state index contributed by atoms with van der Waals surface area (Å²) in [4.78, 5) is 0. The summed E-state index contributed by atoms with van der Waals surface area (Å²) in [5.74, 6) is 0. The molecule has 0 bridgehead atoms. The van der Waals surface area contributed by atoms with E-state index in [0.717, 1.165) is 0 Å². The van der Waals surface area contributed by atoms with E-state index >= 15 is 0 Å². The Morgan fingerprint density at radius 3 is 1.11 bits per heavy atom. The molecule has 3 nitrogen and oxygen atoms in total. The van der Waals surface area contributed by atoms with E-state index in [1.54, 1.807) is 37.6 Å². The van der Waals surface area contributed by atoms with Gasteiger partial charge in [0.15, 0.2) is 0 Å². The Bertz CT molecular complexity index is 314. The van der Waals surface area contributed by atoms with Gasteiger partial charge < -0.3 is 12.3 Å². The zero-order chi connectivity index (χ0) is 15.5. The fourth-order valence-electron chi connectivity index (χ4n) is 1.32. The summed E-state index contributed by atoms with van der Waals surface area (Å²) in [7, 11) is -5.57. The molecular formula is C8H18Cl4O3Si4. The van der Waals surface area contributed by atoms with Gasteiger partial charge in [0.2, 0.25) is 0 Å². The molecule has 0 aliphatic carbocycles. The Balaban J connectivity index is 5.11. The molecule has 0 aliphatic heterocycles.